The molecule has 21 heavy (non-hydrogen) atoms. The lowest BCUT2D eigenvalue weighted by atomic mass is 10.2. The van der Waals surface area contributed by atoms with E-state index in [1.165, 1.54) is 32.2 Å². The van der Waals surface area contributed by atoms with Crippen LogP contribution in [0.15, 0.2) is 23.1 Å². The number of amides is 1. The molecule has 8 heteroatoms. The van der Waals surface area contributed by atoms with Gasteiger partial charge in [0.1, 0.15) is 5.75 Å². The second-order valence-corrected chi connectivity index (χ2v) is 6.33. The highest BCUT2D eigenvalue weighted by Gasteiger charge is 2.17. The molecule has 4 N–H and O–H groups in total. The molecule has 0 radical (unpaired) electrons. The van der Waals surface area contributed by atoms with E-state index in [0.29, 0.717) is 17.9 Å². The van der Waals surface area contributed by atoms with Crippen LogP contribution < -0.4 is 20.5 Å². The van der Waals surface area contributed by atoms with Crippen LogP contribution in [0.25, 0.3) is 0 Å². The van der Waals surface area contributed by atoms with Gasteiger partial charge in [-0.2, -0.15) is 0 Å². The first-order valence-corrected chi connectivity index (χ1v) is 7.99. The third kappa shape index (κ3) is 5.00. The lowest BCUT2D eigenvalue weighted by Crippen LogP contribution is -2.36. The summed E-state index contributed by atoms with van der Waals surface area (Å²) in [6.45, 7) is 3.36. The number of rotatable bonds is 7. The van der Waals surface area contributed by atoms with Gasteiger partial charge in [0, 0.05) is 19.5 Å². The predicted molar refractivity (Wildman–Crippen MR) is 80.8 cm³/mol. The van der Waals surface area contributed by atoms with Gasteiger partial charge in [-0.3, -0.25) is 4.79 Å². The minimum atomic E-state index is -3.69. The topological polar surface area (TPSA) is 111 Å². The average molecular weight is 315 g/mol. The Labute approximate surface area is 124 Å². The molecule has 0 aromatic heterocycles. The number of nitrogens with one attached hydrogen (secondary N) is 2. The highest BCUT2D eigenvalue weighted by Crippen LogP contribution is 2.27. The van der Waals surface area contributed by atoms with Gasteiger partial charge in [0.05, 0.1) is 17.7 Å². The maximum atomic E-state index is 12.2. The number of carbonyl (C=O) groups is 1. The van der Waals surface area contributed by atoms with Gasteiger partial charge in [-0.15, -0.1) is 0 Å². The van der Waals surface area contributed by atoms with Gasteiger partial charge in [0.15, 0.2) is 0 Å². The molecule has 0 aliphatic rings. The van der Waals surface area contributed by atoms with E-state index in [9.17, 15) is 13.2 Å². The molecule has 0 heterocycles. The lowest BCUT2D eigenvalue weighted by molar-refractivity contribution is -0.114. The molecule has 1 aromatic carbocycles. The van der Waals surface area contributed by atoms with Crippen molar-refractivity contribution in [3.63, 3.8) is 0 Å². The number of anilines is 1. The number of hydrogen-bond donors (Lipinski definition) is 3. The van der Waals surface area contributed by atoms with Crippen LogP contribution in [0.5, 0.6) is 5.75 Å². The minimum absolute atomic E-state index is 0.0374. The summed E-state index contributed by atoms with van der Waals surface area (Å²) in [5.74, 6) is 0.0678. The van der Waals surface area contributed by atoms with Crippen molar-refractivity contribution in [2.24, 2.45) is 5.73 Å². The van der Waals surface area contributed by atoms with E-state index < -0.39 is 10.0 Å². The van der Waals surface area contributed by atoms with Crippen LogP contribution in [-0.2, 0) is 14.8 Å². The fourth-order valence-electron chi connectivity index (χ4n) is 1.59. The molecule has 0 bridgehead atoms. The van der Waals surface area contributed by atoms with E-state index in [4.69, 9.17) is 10.5 Å². The van der Waals surface area contributed by atoms with Crippen LogP contribution >= 0.6 is 0 Å². The predicted octanol–water partition coefficient (Wildman–Crippen LogP) is 0.669. The molecule has 0 saturated heterocycles. The van der Waals surface area contributed by atoms with Crippen LogP contribution in [-0.4, -0.2) is 34.0 Å². The first kappa shape index (κ1) is 17.4. The summed E-state index contributed by atoms with van der Waals surface area (Å²) in [6.07, 6.45) is 0.669. The van der Waals surface area contributed by atoms with Gasteiger partial charge in [-0.05, 0) is 24.6 Å². The maximum absolute atomic E-state index is 12.2. The molecule has 1 unspecified atom stereocenters. The summed E-state index contributed by atoms with van der Waals surface area (Å²) in [7, 11) is -2.25. The molecule has 0 saturated carbocycles. The molecule has 0 aliphatic heterocycles. The highest BCUT2D eigenvalue weighted by atomic mass is 32.2. The van der Waals surface area contributed by atoms with Gasteiger partial charge in [0.25, 0.3) is 0 Å². The van der Waals surface area contributed by atoms with Crippen molar-refractivity contribution in [2.45, 2.75) is 31.2 Å². The quantitative estimate of drug-likeness (QED) is 0.685. The molecule has 118 valence electrons. The van der Waals surface area contributed by atoms with Crippen LogP contribution in [0.2, 0.25) is 0 Å². The zero-order chi connectivity index (χ0) is 16.0. The van der Waals surface area contributed by atoms with E-state index in [1.807, 2.05) is 6.92 Å². The number of methoxy groups -OCH3 is 1. The molecule has 1 rings (SSSR count). The molecule has 7 nitrogen and oxygen atoms in total. The molecule has 1 aromatic rings. The lowest BCUT2D eigenvalue weighted by Gasteiger charge is -2.13. The van der Waals surface area contributed by atoms with E-state index in [-0.39, 0.29) is 23.4 Å². The van der Waals surface area contributed by atoms with Crippen molar-refractivity contribution in [1.82, 2.24) is 4.72 Å². The summed E-state index contributed by atoms with van der Waals surface area (Å²) >= 11 is 0. The Morgan fingerprint density at radius 1 is 1.43 bits per heavy atom. The third-order valence-electron chi connectivity index (χ3n) is 2.85. The summed E-state index contributed by atoms with van der Waals surface area (Å²) < 4.78 is 31.9. The van der Waals surface area contributed by atoms with Gasteiger partial charge >= 0.3 is 0 Å². The first-order chi connectivity index (χ1) is 9.80. The Bertz CT molecular complexity index is 601. The number of carbonyl (C=O) groups excluding carboxylic acids is 1. The minimum Gasteiger partial charge on any atom is -0.495 e. The summed E-state index contributed by atoms with van der Waals surface area (Å²) in [6, 6.07) is 4.00. The number of sulfonamides is 1. The second-order valence-electron chi connectivity index (χ2n) is 4.56. The smallest absolute Gasteiger partial charge is 0.240 e. The molecule has 0 aliphatic carbocycles. The third-order valence-corrected chi connectivity index (χ3v) is 4.27. The van der Waals surface area contributed by atoms with Crippen molar-refractivity contribution in [3.8, 4) is 5.75 Å². The van der Waals surface area contributed by atoms with E-state index >= 15 is 0 Å². The number of ether oxygens (including phenoxy) is 1. The largest absolute Gasteiger partial charge is 0.495 e. The van der Waals surface area contributed by atoms with Gasteiger partial charge < -0.3 is 15.8 Å². The fourth-order valence-corrected chi connectivity index (χ4v) is 2.71. The molecule has 0 spiro atoms. The van der Waals surface area contributed by atoms with Crippen molar-refractivity contribution in [3.05, 3.63) is 18.2 Å². The van der Waals surface area contributed by atoms with Crippen molar-refractivity contribution in [2.75, 3.05) is 19.0 Å². The Hall–Kier alpha value is -1.64. The Kier molecular flexibility index (Phi) is 6.13. The number of nitrogens with two attached hydrogens (primary N) is 1. The van der Waals surface area contributed by atoms with Crippen LogP contribution in [0.3, 0.4) is 0 Å². The Morgan fingerprint density at radius 2 is 2.10 bits per heavy atom. The molecule has 0 fully saturated rings. The summed E-state index contributed by atoms with van der Waals surface area (Å²) in [4.78, 5) is 11.2. The summed E-state index contributed by atoms with van der Waals surface area (Å²) in [5, 5.41) is 2.53. The Balaban J connectivity index is 3.04. The monoisotopic (exact) mass is 315 g/mol. The van der Waals surface area contributed by atoms with Crippen molar-refractivity contribution >= 4 is 21.6 Å². The fraction of sp³-hybridized carbons (Fsp3) is 0.462. The second kappa shape index (κ2) is 7.39. The van der Waals surface area contributed by atoms with Crippen LogP contribution in [0, 0.1) is 0 Å². The maximum Gasteiger partial charge on any atom is 0.240 e. The number of hydrogen-bond acceptors (Lipinski definition) is 5. The normalized spacial score (nSPS) is 12.8. The zero-order valence-corrected chi connectivity index (χ0v) is 13.2. The van der Waals surface area contributed by atoms with E-state index in [1.54, 1.807) is 0 Å². The molecular formula is C13H21N3O4S. The SMILES string of the molecule is CCC(N)CNS(=O)(=O)c1ccc(OC)c(NC(C)=O)c1. The number of benzene rings is 1. The molecule has 1 atom stereocenters. The van der Waals surface area contributed by atoms with E-state index in [2.05, 4.69) is 10.0 Å². The van der Waals surface area contributed by atoms with Gasteiger partial charge in [-0.25, -0.2) is 13.1 Å². The molecular weight excluding hydrogens is 294 g/mol. The van der Waals surface area contributed by atoms with E-state index in [0.717, 1.165) is 0 Å². The van der Waals surface area contributed by atoms with Gasteiger partial charge in [-0.1, -0.05) is 6.92 Å². The zero-order valence-electron chi connectivity index (χ0n) is 12.3. The van der Waals surface area contributed by atoms with Crippen molar-refractivity contribution in [1.29, 1.82) is 0 Å². The van der Waals surface area contributed by atoms with Gasteiger partial charge in [0.2, 0.25) is 15.9 Å². The average Bonchev–Trinajstić information content (AvgIpc) is 2.44. The van der Waals surface area contributed by atoms with Crippen LogP contribution in [0.4, 0.5) is 5.69 Å². The standard InChI is InChI=1S/C13H21N3O4S/c1-4-10(14)8-15-21(18,19)11-5-6-13(20-3)12(7-11)16-9(2)17/h5-7,10,15H,4,8,14H2,1-3H3,(H,16,17). The first-order valence-electron chi connectivity index (χ1n) is 6.51. The van der Waals surface area contributed by atoms with Crippen molar-refractivity contribution < 1.29 is 17.9 Å². The Morgan fingerprint density at radius 3 is 2.62 bits per heavy atom. The summed E-state index contributed by atoms with van der Waals surface area (Å²) in [5.41, 5.74) is 5.99. The highest BCUT2D eigenvalue weighted by molar-refractivity contribution is 7.89. The van der Waals surface area contributed by atoms with Crippen LogP contribution in [0.1, 0.15) is 20.3 Å². The molecule has 1 amide bonds.